The van der Waals surface area contributed by atoms with Crippen molar-refractivity contribution >= 4 is 0 Å². The minimum Gasteiger partial charge on any atom is -0.393 e. The van der Waals surface area contributed by atoms with Crippen LogP contribution in [0, 0.1) is 17.2 Å². The molecule has 3 atom stereocenters. The van der Waals surface area contributed by atoms with E-state index in [1.807, 2.05) is 43.3 Å². The first-order chi connectivity index (χ1) is 11.1. The van der Waals surface area contributed by atoms with E-state index >= 15 is 0 Å². The number of nitrogens with zero attached hydrogens (tertiary/aromatic N) is 2. The normalized spacial score (nSPS) is 14.9. The van der Waals surface area contributed by atoms with Crippen molar-refractivity contribution in [3.8, 4) is 6.07 Å². The fourth-order valence-electron chi connectivity index (χ4n) is 2.68. The Labute approximate surface area is 138 Å². The highest BCUT2D eigenvalue weighted by Gasteiger charge is 2.27. The summed E-state index contributed by atoms with van der Waals surface area (Å²) in [6.45, 7) is 5.05. The maximum atomic E-state index is 9.93. The third-order valence-corrected chi connectivity index (χ3v) is 4.24. The van der Waals surface area contributed by atoms with Gasteiger partial charge in [0.2, 0.25) is 0 Å². The molecule has 2 aromatic carbocycles. The van der Waals surface area contributed by atoms with E-state index < -0.39 is 6.10 Å². The summed E-state index contributed by atoms with van der Waals surface area (Å²) >= 11 is 0. The maximum absolute atomic E-state index is 9.93. The van der Waals surface area contributed by atoms with Crippen molar-refractivity contribution in [2.75, 3.05) is 0 Å². The number of hydrogen-bond donors (Lipinski definition) is 1. The Hall–Kier alpha value is -2.15. The predicted octanol–water partition coefficient (Wildman–Crippen LogP) is 3.60. The van der Waals surface area contributed by atoms with Crippen molar-refractivity contribution in [2.24, 2.45) is 5.92 Å². The molecule has 0 heterocycles. The van der Waals surface area contributed by atoms with Gasteiger partial charge in [0.15, 0.2) is 0 Å². The Morgan fingerprint density at radius 1 is 0.913 bits per heavy atom. The average Bonchev–Trinajstić information content (AvgIpc) is 2.57. The van der Waals surface area contributed by atoms with Gasteiger partial charge in [-0.1, -0.05) is 67.6 Å². The molecule has 0 spiro atoms. The molecular formula is C20H24N2O. The van der Waals surface area contributed by atoms with E-state index in [1.165, 1.54) is 11.1 Å². The largest absolute Gasteiger partial charge is 0.393 e. The van der Waals surface area contributed by atoms with Crippen LogP contribution < -0.4 is 0 Å². The van der Waals surface area contributed by atoms with Gasteiger partial charge >= 0.3 is 0 Å². The van der Waals surface area contributed by atoms with Crippen LogP contribution in [0.15, 0.2) is 60.7 Å². The van der Waals surface area contributed by atoms with E-state index in [1.54, 1.807) is 6.92 Å². The Bertz CT molecular complexity index is 578. The van der Waals surface area contributed by atoms with Crippen molar-refractivity contribution in [1.29, 1.82) is 5.26 Å². The van der Waals surface area contributed by atoms with Crippen LogP contribution in [0.3, 0.4) is 0 Å². The van der Waals surface area contributed by atoms with Gasteiger partial charge in [-0.05, 0) is 18.1 Å². The number of nitriles is 1. The lowest BCUT2D eigenvalue weighted by atomic mass is 9.95. The van der Waals surface area contributed by atoms with Gasteiger partial charge in [-0.25, -0.2) is 0 Å². The minimum atomic E-state index is -0.520. The second-order valence-corrected chi connectivity index (χ2v) is 6.05. The smallest absolute Gasteiger partial charge is 0.103 e. The minimum absolute atomic E-state index is 0.118. The summed E-state index contributed by atoms with van der Waals surface area (Å²) < 4.78 is 0. The monoisotopic (exact) mass is 308 g/mol. The average molecular weight is 308 g/mol. The second kappa shape index (κ2) is 8.47. The molecule has 0 aliphatic carbocycles. The van der Waals surface area contributed by atoms with Gasteiger partial charge in [-0.3, -0.25) is 4.90 Å². The number of aliphatic hydroxyl groups is 1. The van der Waals surface area contributed by atoms with E-state index in [9.17, 15) is 10.4 Å². The van der Waals surface area contributed by atoms with Crippen LogP contribution in [0.5, 0.6) is 0 Å². The molecule has 23 heavy (non-hydrogen) atoms. The highest BCUT2D eigenvalue weighted by molar-refractivity contribution is 5.18. The molecule has 0 fully saturated rings. The van der Waals surface area contributed by atoms with Crippen molar-refractivity contribution in [2.45, 2.75) is 39.1 Å². The molecule has 0 amide bonds. The lowest BCUT2D eigenvalue weighted by Gasteiger charge is -2.32. The molecule has 2 rings (SSSR count). The maximum Gasteiger partial charge on any atom is 0.103 e. The number of aliphatic hydroxyl groups excluding tert-OH is 1. The van der Waals surface area contributed by atoms with Gasteiger partial charge in [-0.2, -0.15) is 5.26 Å². The first kappa shape index (κ1) is 17.2. The van der Waals surface area contributed by atoms with E-state index in [-0.39, 0.29) is 12.0 Å². The molecule has 3 heteroatoms. The fourth-order valence-corrected chi connectivity index (χ4v) is 2.68. The quantitative estimate of drug-likeness (QED) is 0.850. The zero-order valence-corrected chi connectivity index (χ0v) is 13.8. The van der Waals surface area contributed by atoms with Crippen LogP contribution in [-0.2, 0) is 13.1 Å². The number of benzene rings is 2. The Morgan fingerprint density at radius 2 is 1.35 bits per heavy atom. The van der Waals surface area contributed by atoms with Crippen LogP contribution in [0.25, 0.3) is 0 Å². The topological polar surface area (TPSA) is 47.3 Å². The Kier molecular flexibility index (Phi) is 6.34. The molecule has 120 valence electrons. The van der Waals surface area contributed by atoms with E-state index in [2.05, 4.69) is 35.2 Å². The van der Waals surface area contributed by atoms with Crippen LogP contribution in [-0.4, -0.2) is 22.2 Å². The molecular weight excluding hydrogens is 284 g/mol. The molecule has 1 N–H and O–H groups in total. The summed E-state index contributed by atoms with van der Waals surface area (Å²) in [5.74, 6) is -0.118. The zero-order valence-electron chi connectivity index (χ0n) is 13.8. The third-order valence-electron chi connectivity index (χ3n) is 4.24. The van der Waals surface area contributed by atoms with Gasteiger partial charge in [0.25, 0.3) is 0 Å². The molecule has 0 aliphatic rings. The van der Waals surface area contributed by atoms with Gasteiger partial charge in [0.1, 0.15) is 6.04 Å². The predicted molar refractivity (Wildman–Crippen MR) is 92.4 cm³/mol. The molecule has 0 unspecified atom stereocenters. The summed E-state index contributed by atoms with van der Waals surface area (Å²) in [5, 5.41) is 19.6. The zero-order chi connectivity index (χ0) is 16.7. The molecule has 3 nitrogen and oxygen atoms in total. The highest BCUT2D eigenvalue weighted by Crippen LogP contribution is 2.20. The van der Waals surface area contributed by atoms with Gasteiger partial charge in [-0.15, -0.1) is 0 Å². The summed E-state index contributed by atoms with van der Waals surface area (Å²) in [6, 6.07) is 22.3. The number of hydrogen-bond acceptors (Lipinski definition) is 3. The highest BCUT2D eigenvalue weighted by atomic mass is 16.3. The molecule has 0 saturated heterocycles. The van der Waals surface area contributed by atoms with Crippen LogP contribution in [0.4, 0.5) is 0 Å². The van der Waals surface area contributed by atoms with Crippen molar-refractivity contribution in [3.05, 3.63) is 71.8 Å². The molecule has 0 aliphatic heterocycles. The fraction of sp³-hybridized carbons (Fsp3) is 0.350. The summed E-state index contributed by atoms with van der Waals surface area (Å²) in [6.07, 6.45) is -0.520. The summed E-state index contributed by atoms with van der Waals surface area (Å²) in [5.41, 5.74) is 2.34. The van der Waals surface area contributed by atoms with Crippen LogP contribution in [0.2, 0.25) is 0 Å². The van der Waals surface area contributed by atoms with Gasteiger partial charge in [0, 0.05) is 19.0 Å². The van der Waals surface area contributed by atoms with Crippen LogP contribution in [0.1, 0.15) is 25.0 Å². The standard InChI is InChI=1S/C20H24N2O/c1-16(17(2)23)20(13-21)22(14-18-9-5-3-6-10-18)15-19-11-7-4-8-12-19/h3-12,16-17,20,23H,14-15H2,1-2H3/t16-,17-,20+/m0/s1. The van der Waals surface area contributed by atoms with Crippen LogP contribution >= 0.6 is 0 Å². The SMILES string of the molecule is C[C@@H]([C@H](C)O)[C@@H](C#N)N(Cc1ccccc1)Cc1ccccc1. The summed E-state index contributed by atoms with van der Waals surface area (Å²) in [4.78, 5) is 2.14. The molecule has 2 aromatic rings. The molecule has 0 bridgehead atoms. The lowest BCUT2D eigenvalue weighted by molar-refractivity contribution is 0.0709. The lowest BCUT2D eigenvalue weighted by Crippen LogP contribution is -2.41. The van der Waals surface area contributed by atoms with Gasteiger partial charge in [0.05, 0.1) is 12.2 Å². The Balaban J connectivity index is 2.24. The van der Waals surface area contributed by atoms with Crippen molar-refractivity contribution < 1.29 is 5.11 Å². The Morgan fingerprint density at radius 3 is 1.70 bits per heavy atom. The van der Waals surface area contributed by atoms with E-state index in [4.69, 9.17) is 0 Å². The van der Waals surface area contributed by atoms with E-state index in [0.29, 0.717) is 13.1 Å². The first-order valence-electron chi connectivity index (χ1n) is 8.01. The second-order valence-electron chi connectivity index (χ2n) is 6.05. The van der Waals surface area contributed by atoms with Crippen molar-refractivity contribution in [3.63, 3.8) is 0 Å². The first-order valence-corrected chi connectivity index (χ1v) is 8.01. The van der Waals surface area contributed by atoms with Crippen molar-refractivity contribution in [1.82, 2.24) is 4.90 Å². The molecule has 0 aromatic heterocycles. The number of rotatable bonds is 7. The van der Waals surface area contributed by atoms with Gasteiger partial charge < -0.3 is 5.11 Å². The third kappa shape index (κ3) is 4.92. The molecule has 0 saturated carbocycles. The van der Waals surface area contributed by atoms with E-state index in [0.717, 1.165) is 0 Å². The molecule has 0 radical (unpaired) electrons. The summed E-state index contributed by atoms with van der Waals surface area (Å²) in [7, 11) is 0.